The minimum absolute atomic E-state index is 0.149. The lowest BCUT2D eigenvalue weighted by atomic mass is 10.2. The molecule has 1 amide bonds. The van der Waals surface area contributed by atoms with Crippen molar-refractivity contribution in [3.8, 4) is 0 Å². The van der Waals surface area contributed by atoms with Crippen molar-refractivity contribution in [2.75, 3.05) is 12.3 Å². The molecule has 1 heterocycles. The molecule has 0 aromatic rings. The number of aliphatic carboxylic acids is 1. The summed E-state index contributed by atoms with van der Waals surface area (Å²) >= 11 is 8.10. The Morgan fingerprint density at radius 3 is 2.64 bits per heavy atom. The Hall–Kier alpha value is -0.360. The Morgan fingerprint density at radius 2 is 2.14 bits per heavy atom. The lowest BCUT2D eigenvalue weighted by molar-refractivity contribution is -0.147. The second-order valence-corrected chi connectivity index (χ2v) is 4.31. The van der Waals surface area contributed by atoms with Crippen molar-refractivity contribution in [2.45, 2.75) is 24.1 Å². The van der Waals surface area contributed by atoms with Gasteiger partial charge in [-0.3, -0.25) is 4.79 Å². The summed E-state index contributed by atoms with van der Waals surface area (Å²) in [4.78, 5) is 23.7. The fraction of sp³-hybridized carbons (Fsp3) is 0.750. The van der Waals surface area contributed by atoms with E-state index in [0.29, 0.717) is 18.7 Å². The van der Waals surface area contributed by atoms with Gasteiger partial charge in [0.05, 0.1) is 0 Å². The molecule has 0 aromatic carbocycles. The van der Waals surface area contributed by atoms with E-state index in [1.165, 1.54) is 4.90 Å². The minimum atomic E-state index is -0.977. The first-order valence-corrected chi connectivity index (χ1v) is 5.54. The third kappa shape index (κ3) is 2.36. The van der Waals surface area contributed by atoms with Crippen molar-refractivity contribution in [2.24, 2.45) is 0 Å². The van der Waals surface area contributed by atoms with Gasteiger partial charge in [0.15, 0.2) is 0 Å². The molecule has 2 atom stereocenters. The summed E-state index contributed by atoms with van der Waals surface area (Å²) in [5.74, 6) is -0.683. The molecule has 14 heavy (non-hydrogen) atoms. The van der Waals surface area contributed by atoms with Crippen LogP contribution in [0.5, 0.6) is 0 Å². The maximum absolute atomic E-state index is 11.5. The van der Waals surface area contributed by atoms with Crippen molar-refractivity contribution >= 4 is 37.1 Å². The van der Waals surface area contributed by atoms with Gasteiger partial charge in [-0.15, -0.1) is 0 Å². The molecule has 0 aromatic heterocycles. The highest BCUT2D eigenvalue weighted by molar-refractivity contribution is 7.81. The SMILES string of the molecule is O=C(O)C1C(S)CCN1C(=O)CCS. The maximum Gasteiger partial charge on any atom is 0.327 e. The molecular weight excluding hydrogens is 222 g/mol. The molecular formula is C8H13NO3S2. The molecule has 6 heteroatoms. The molecule has 4 nitrogen and oxygen atoms in total. The van der Waals surface area contributed by atoms with Crippen LogP contribution in [-0.4, -0.2) is 45.5 Å². The number of carboxylic acids is 1. The van der Waals surface area contributed by atoms with E-state index in [2.05, 4.69) is 25.3 Å². The summed E-state index contributed by atoms with van der Waals surface area (Å²) in [5.41, 5.74) is 0. The zero-order valence-electron chi connectivity index (χ0n) is 7.59. The Labute approximate surface area is 93.5 Å². The van der Waals surface area contributed by atoms with Gasteiger partial charge in [0.1, 0.15) is 6.04 Å². The zero-order valence-corrected chi connectivity index (χ0v) is 9.38. The van der Waals surface area contributed by atoms with Crippen molar-refractivity contribution in [1.82, 2.24) is 4.90 Å². The van der Waals surface area contributed by atoms with Crippen LogP contribution < -0.4 is 0 Å². The van der Waals surface area contributed by atoms with Crippen molar-refractivity contribution < 1.29 is 14.7 Å². The molecule has 2 unspecified atom stereocenters. The van der Waals surface area contributed by atoms with Gasteiger partial charge in [0.25, 0.3) is 0 Å². The van der Waals surface area contributed by atoms with Gasteiger partial charge in [-0.25, -0.2) is 4.79 Å². The fourth-order valence-corrected chi connectivity index (χ4v) is 2.19. The topological polar surface area (TPSA) is 57.6 Å². The average Bonchev–Trinajstić information content (AvgIpc) is 2.47. The Morgan fingerprint density at radius 1 is 1.50 bits per heavy atom. The van der Waals surface area contributed by atoms with E-state index in [0.717, 1.165) is 0 Å². The van der Waals surface area contributed by atoms with E-state index < -0.39 is 12.0 Å². The van der Waals surface area contributed by atoms with Gasteiger partial charge in [-0.2, -0.15) is 25.3 Å². The second-order valence-electron chi connectivity index (χ2n) is 3.20. The van der Waals surface area contributed by atoms with Crippen LogP contribution in [0, 0.1) is 0 Å². The smallest absolute Gasteiger partial charge is 0.327 e. The second kappa shape index (κ2) is 4.93. The van der Waals surface area contributed by atoms with Crippen LogP contribution in [0.15, 0.2) is 0 Å². The molecule has 0 spiro atoms. The number of amides is 1. The lowest BCUT2D eigenvalue weighted by Crippen LogP contribution is -2.43. The van der Waals surface area contributed by atoms with Crippen LogP contribution in [0.1, 0.15) is 12.8 Å². The monoisotopic (exact) mass is 235 g/mol. The number of carbonyl (C=O) groups excluding carboxylic acids is 1. The molecule has 0 bridgehead atoms. The number of hydrogen-bond acceptors (Lipinski definition) is 4. The third-order valence-corrected chi connectivity index (χ3v) is 3.03. The predicted molar refractivity (Wildman–Crippen MR) is 59.0 cm³/mol. The summed E-state index contributed by atoms with van der Waals surface area (Å²) in [7, 11) is 0. The van der Waals surface area contributed by atoms with Crippen molar-refractivity contribution in [3.05, 3.63) is 0 Å². The van der Waals surface area contributed by atoms with Crippen LogP contribution in [-0.2, 0) is 9.59 Å². The number of hydrogen-bond donors (Lipinski definition) is 3. The van der Waals surface area contributed by atoms with E-state index in [1.807, 2.05) is 0 Å². The molecule has 1 rings (SSSR count). The zero-order chi connectivity index (χ0) is 10.7. The first kappa shape index (κ1) is 11.7. The van der Waals surface area contributed by atoms with Gasteiger partial charge in [0, 0.05) is 18.2 Å². The number of nitrogens with zero attached hydrogens (tertiary/aromatic N) is 1. The van der Waals surface area contributed by atoms with Gasteiger partial charge in [0.2, 0.25) is 5.91 Å². The molecule has 1 saturated heterocycles. The number of likely N-dealkylation sites (tertiary alicyclic amines) is 1. The summed E-state index contributed by atoms with van der Waals surface area (Å²) < 4.78 is 0. The van der Waals surface area contributed by atoms with Gasteiger partial charge >= 0.3 is 5.97 Å². The van der Waals surface area contributed by atoms with Crippen LogP contribution in [0.3, 0.4) is 0 Å². The van der Waals surface area contributed by atoms with Gasteiger partial charge in [-0.1, -0.05) is 0 Å². The van der Waals surface area contributed by atoms with Gasteiger partial charge < -0.3 is 10.0 Å². The molecule has 1 aliphatic heterocycles. The van der Waals surface area contributed by atoms with Crippen molar-refractivity contribution in [3.63, 3.8) is 0 Å². The maximum atomic E-state index is 11.5. The summed E-state index contributed by atoms with van der Waals surface area (Å²) in [5, 5.41) is 8.66. The van der Waals surface area contributed by atoms with Gasteiger partial charge in [-0.05, 0) is 12.2 Å². The molecule has 1 aliphatic rings. The van der Waals surface area contributed by atoms with Crippen molar-refractivity contribution in [1.29, 1.82) is 0 Å². The molecule has 0 saturated carbocycles. The third-order valence-electron chi connectivity index (χ3n) is 2.27. The molecule has 1 N–H and O–H groups in total. The summed E-state index contributed by atoms with van der Waals surface area (Å²) in [6.07, 6.45) is 0.922. The highest BCUT2D eigenvalue weighted by Crippen LogP contribution is 2.23. The quantitative estimate of drug-likeness (QED) is 0.616. The predicted octanol–water partition coefficient (Wildman–Crippen LogP) is 0.290. The van der Waals surface area contributed by atoms with E-state index in [9.17, 15) is 9.59 Å². The molecule has 1 fully saturated rings. The summed E-state index contributed by atoms with van der Waals surface area (Å²) in [6.45, 7) is 0.484. The number of rotatable bonds is 3. The number of carbonyl (C=O) groups is 2. The largest absolute Gasteiger partial charge is 0.480 e. The number of carboxylic acid groups (broad SMARTS) is 1. The average molecular weight is 235 g/mol. The fourth-order valence-electron chi connectivity index (χ4n) is 1.59. The highest BCUT2D eigenvalue weighted by atomic mass is 32.1. The van der Waals surface area contributed by atoms with E-state index >= 15 is 0 Å². The van der Waals surface area contributed by atoms with E-state index in [1.54, 1.807) is 0 Å². The van der Waals surface area contributed by atoms with Crippen LogP contribution >= 0.6 is 25.3 Å². The first-order valence-electron chi connectivity index (χ1n) is 4.39. The molecule has 80 valence electrons. The molecule has 0 aliphatic carbocycles. The normalized spacial score (nSPS) is 26.6. The Bertz CT molecular complexity index is 247. The summed E-state index contributed by atoms with van der Waals surface area (Å²) in [6, 6.07) is -0.772. The highest BCUT2D eigenvalue weighted by Gasteiger charge is 2.39. The standard InChI is InChI=1S/C8H13NO3S2/c10-6(2-4-13)9-3-1-5(14)7(9)8(11)12/h5,7,13-14H,1-4H2,(H,11,12). The van der Waals surface area contributed by atoms with Crippen LogP contribution in [0.2, 0.25) is 0 Å². The number of thiol groups is 2. The Kier molecular flexibility index (Phi) is 4.12. The first-order chi connectivity index (χ1) is 6.57. The van der Waals surface area contributed by atoms with Crippen LogP contribution in [0.4, 0.5) is 0 Å². The lowest BCUT2D eigenvalue weighted by Gasteiger charge is -2.22. The van der Waals surface area contributed by atoms with Crippen LogP contribution in [0.25, 0.3) is 0 Å². The van der Waals surface area contributed by atoms with E-state index in [4.69, 9.17) is 5.11 Å². The molecule has 0 radical (unpaired) electrons. The Balaban J connectivity index is 2.69. The van der Waals surface area contributed by atoms with E-state index in [-0.39, 0.29) is 17.6 Å². The minimum Gasteiger partial charge on any atom is -0.480 e.